The minimum Gasteiger partial charge on any atom is -0.493 e. The molecule has 1 aromatic rings. The molecule has 19 heavy (non-hydrogen) atoms. The van der Waals surface area contributed by atoms with Crippen LogP contribution in [0.5, 0.6) is 5.75 Å². The van der Waals surface area contributed by atoms with Crippen molar-refractivity contribution in [3.63, 3.8) is 0 Å². The molecule has 0 aliphatic carbocycles. The summed E-state index contributed by atoms with van der Waals surface area (Å²) in [4.78, 5) is 11.3. The number of alkyl halides is 3. The van der Waals surface area contributed by atoms with Crippen molar-refractivity contribution in [3.8, 4) is 5.75 Å². The second kappa shape index (κ2) is 6.45. The summed E-state index contributed by atoms with van der Waals surface area (Å²) in [5, 5.41) is 0. The highest BCUT2D eigenvalue weighted by Crippen LogP contribution is 2.30. The Kier molecular flexibility index (Phi) is 5.20. The molecule has 0 amide bonds. The van der Waals surface area contributed by atoms with E-state index in [1.54, 1.807) is 6.92 Å². The first-order valence-electron chi connectivity index (χ1n) is 5.76. The quantitative estimate of drug-likeness (QED) is 0.774. The van der Waals surface area contributed by atoms with E-state index in [2.05, 4.69) is 4.74 Å². The summed E-state index contributed by atoms with van der Waals surface area (Å²) >= 11 is 0. The highest BCUT2D eigenvalue weighted by Gasteiger charge is 2.30. The van der Waals surface area contributed by atoms with Gasteiger partial charge in [0.15, 0.2) is 0 Å². The van der Waals surface area contributed by atoms with Crippen molar-refractivity contribution in [1.29, 1.82) is 0 Å². The minimum absolute atomic E-state index is 0.0779. The van der Waals surface area contributed by atoms with E-state index in [1.807, 2.05) is 0 Å². The third kappa shape index (κ3) is 4.46. The number of ether oxygens (including phenoxy) is 2. The Balaban J connectivity index is 2.61. The van der Waals surface area contributed by atoms with Crippen LogP contribution in [0.15, 0.2) is 24.3 Å². The van der Waals surface area contributed by atoms with E-state index < -0.39 is 23.6 Å². The summed E-state index contributed by atoms with van der Waals surface area (Å²) in [6.07, 6.45) is -3.83. The third-order valence-electron chi connectivity index (χ3n) is 2.66. The first kappa shape index (κ1) is 15.3. The Morgan fingerprint density at radius 3 is 2.26 bits per heavy atom. The van der Waals surface area contributed by atoms with E-state index in [9.17, 15) is 18.0 Å². The van der Waals surface area contributed by atoms with E-state index >= 15 is 0 Å². The van der Waals surface area contributed by atoms with Gasteiger partial charge in [-0.15, -0.1) is 0 Å². The normalized spacial score (nSPS) is 12.9. The zero-order valence-electron chi connectivity index (χ0n) is 10.7. The molecule has 1 atom stereocenters. The van der Waals surface area contributed by atoms with E-state index in [1.165, 1.54) is 19.2 Å². The lowest BCUT2D eigenvalue weighted by molar-refractivity contribution is -0.146. The predicted octanol–water partition coefficient (Wildman–Crippen LogP) is 3.28. The standard InChI is InChI=1S/C13H15F3O3/c1-3-9(12(17)18-2)8-19-11-6-4-10(5-7-11)13(14,15)16/h4-7,9H,3,8H2,1-2H3. The molecule has 1 aromatic carbocycles. The van der Waals surface area contributed by atoms with Crippen molar-refractivity contribution in [2.45, 2.75) is 19.5 Å². The maximum absolute atomic E-state index is 12.3. The second-order valence-electron chi connectivity index (χ2n) is 3.96. The van der Waals surface area contributed by atoms with Gasteiger partial charge in [-0.1, -0.05) is 6.92 Å². The lowest BCUT2D eigenvalue weighted by atomic mass is 10.1. The molecule has 0 bridgehead atoms. The number of benzene rings is 1. The average Bonchev–Trinajstić information content (AvgIpc) is 2.38. The minimum atomic E-state index is -4.36. The summed E-state index contributed by atoms with van der Waals surface area (Å²) in [6, 6.07) is 4.34. The number of hydrogen-bond donors (Lipinski definition) is 0. The number of hydrogen-bond acceptors (Lipinski definition) is 3. The van der Waals surface area contributed by atoms with E-state index in [4.69, 9.17) is 4.74 Å². The number of rotatable bonds is 5. The topological polar surface area (TPSA) is 35.5 Å². The van der Waals surface area contributed by atoms with Crippen LogP contribution in [0.2, 0.25) is 0 Å². The Morgan fingerprint density at radius 2 is 1.84 bits per heavy atom. The summed E-state index contributed by atoms with van der Waals surface area (Å²) in [6.45, 7) is 1.88. The maximum Gasteiger partial charge on any atom is 0.416 e. The Morgan fingerprint density at radius 1 is 1.26 bits per heavy atom. The van der Waals surface area contributed by atoms with Gasteiger partial charge in [0.25, 0.3) is 0 Å². The Bertz CT molecular complexity index is 412. The smallest absolute Gasteiger partial charge is 0.416 e. The Labute approximate surface area is 109 Å². The van der Waals surface area contributed by atoms with Gasteiger partial charge in [-0.2, -0.15) is 13.2 Å². The molecule has 1 rings (SSSR count). The van der Waals surface area contributed by atoms with Gasteiger partial charge in [-0.25, -0.2) is 0 Å². The predicted molar refractivity (Wildman–Crippen MR) is 62.7 cm³/mol. The first-order chi connectivity index (χ1) is 8.88. The summed E-state index contributed by atoms with van der Waals surface area (Å²) in [7, 11) is 1.28. The van der Waals surface area contributed by atoms with Gasteiger partial charge in [0.05, 0.1) is 18.6 Å². The summed E-state index contributed by atoms with van der Waals surface area (Å²) < 4.78 is 46.9. The van der Waals surface area contributed by atoms with Gasteiger partial charge < -0.3 is 9.47 Å². The molecule has 0 N–H and O–H groups in total. The molecule has 6 heteroatoms. The van der Waals surface area contributed by atoms with Crippen LogP contribution in [0.3, 0.4) is 0 Å². The van der Waals surface area contributed by atoms with Crippen LogP contribution in [0, 0.1) is 5.92 Å². The average molecular weight is 276 g/mol. The number of methoxy groups -OCH3 is 1. The van der Waals surface area contributed by atoms with Crippen LogP contribution in [0.25, 0.3) is 0 Å². The van der Waals surface area contributed by atoms with Crippen LogP contribution < -0.4 is 4.74 Å². The van der Waals surface area contributed by atoms with Crippen molar-refractivity contribution in [2.24, 2.45) is 5.92 Å². The second-order valence-corrected chi connectivity index (χ2v) is 3.96. The van der Waals surface area contributed by atoms with E-state index in [-0.39, 0.29) is 12.4 Å². The Hall–Kier alpha value is -1.72. The van der Waals surface area contributed by atoms with Gasteiger partial charge in [0.1, 0.15) is 12.4 Å². The zero-order valence-corrected chi connectivity index (χ0v) is 10.7. The van der Waals surface area contributed by atoms with Gasteiger partial charge >= 0.3 is 12.1 Å². The highest BCUT2D eigenvalue weighted by atomic mass is 19.4. The third-order valence-corrected chi connectivity index (χ3v) is 2.66. The molecule has 1 unspecified atom stereocenters. The van der Waals surface area contributed by atoms with Crippen LogP contribution in [0.4, 0.5) is 13.2 Å². The van der Waals surface area contributed by atoms with Crippen molar-refractivity contribution in [1.82, 2.24) is 0 Å². The van der Waals surface area contributed by atoms with Crippen LogP contribution in [-0.4, -0.2) is 19.7 Å². The number of carbonyl (C=O) groups is 1. The molecular weight excluding hydrogens is 261 g/mol. The highest BCUT2D eigenvalue weighted by molar-refractivity contribution is 5.72. The first-order valence-corrected chi connectivity index (χ1v) is 5.76. The van der Waals surface area contributed by atoms with E-state index in [0.717, 1.165) is 12.1 Å². The van der Waals surface area contributed by atoms with E-state index in [0.29, 0.717) is 6.42 Å². The van der Waals surface area contributed by atoms with Gasteiger partial charge in [-0.05, 0) is 30.7 Å². The molecule has 3 nitrogen and oxygen atoms in total. The van der Waals surface area contributed by atoms with Crippen LogP contribution in [-0.2, 0) is 15.7 Å². The van der Waals surface area contributed by atoms with Gasteiger partial charge in [-0.3, -0.25) is 4.79 Å². The fraction of sp³-hybridized carbons (Fsp3) is 0.462. The van der Waals surface area contributed by atoms with Crippen molar-refractivity contribution >= 4 is 5.97 Å². The van der Waals surface area contributed by atoms with Crippen LogP contribution >= 0.6 is 0 Å². The van der Waals surface area contributed by atoms with Gasteiger partial charge in [0, 0.05) is 0 Å². The largest absolute Gasteiger partial charge is 0.493 e. The van der Waals surface area contributed by atoms with Crippen molar-refractivity contribution in [3.05, 3.63) is 29.8 Å². The molecule has 0 saturated heterocycles. The molecule has 0 spiro atoms. The summed E-state index contributed by atoms with van der Waals surface area (Å²) in [5.74, 6) is -0.531. The van der Waals surface area contributed by atoms with Crippen molar-refractivity contribution in [2.75, 3.05) is 13.7 Å². The monoisotopic (exact) mass is 276 g/mol. The fourth-order valence-corrected chi connectivity index (χ4v) is 1.46. The molecular formula is C13H15F3O3. The maximum atomic E-state index is 12.3. The van der Waals surface area contributed by atoms with Crippen molar-refractivity contribution < 1.29 is 27.4 Å². The lowest BCUT2D eigenvalue weighted by Crippen LogP contribution is -2.22. The van der Waals surface area contributed by atoms with Gasteiger partial charge in [0.2, 0.25) is 0 Å². The molecule has 0 fully saturated rings. The molecule has 0 radical (unpaired) electrons. The molecule has 0 aliphatic heterocycles. The number of halogens is 3. The SMILES string of the molecule is CCC(COc1ccc(C(F)(F)F)cc1)C(=O)OC. The fourth-order valence-electron chi connectivity index (χ4n) is 1.46. The molecule has 0 saturated carbocycles. The zero-order chi connectivity index (χ0) is 14.5. The molecule has 106 valence electrons. The lowest BCUT2D eigenvalue weighted by Gasteiger charge is -2.14. The summed E-state index contributed by atoms with van der Waals surface area (Å²) in [5.41, 5.74) is -0.736. The van der Waals surface area contributed by atoms with Crippen LogP contribution in [0.1, 0.15) is 18.9 Å². The molecule has 0 aliphatic rings. The number of carbonyl (C=O) groups excluding carboxylic acids is 1. The molecule has 0 heterocycles. The number of esters is 1. The molecule has 0 aromatic heterocycles.